The summed E-state index contributed by atoms with van der Waals surface area (Å²) < 4.78 is 9.82. The Morgan fingerprint density at radius 1 is 1.28 bits per heavy atom. The fraction of sp³-hybridized carbons (Fsp3) is 0.833. The Hall–Kier alpha value is -1.30. The summed E-state index contributed by atoms with van der Waals surface area (Å²) in [6, 6.07) is -0.285. The lowest BCUT2D eigenvalue weighted by Crippen LogP contribution is -2.52. The van der Waals surface area contributed by atoms with Crippen LogP contribution in [0.25, 0.3) is 0 Å². The second kappa shape index (κ2) is 6.04. The van der Waals surface area contributed by atoms with Gasteiger partial charge in [0.2, 0.25) is 0 Å². The van der Waals surface area contributed by atoms with E-state index in [1.807, 2.05) is 20.8 Å². The summed E-state index contributed by atoms with van der Waals surface area (Å²) >= 11 is 0. The van der Waals surface area contributed by atoms with Crippen molar-refractivity contribution in [1.29, 1.82) is 0 Å². The monoisotopic (exact) mass is 258 g/mol. The molecule has 2 N–H and O–H groups in total. The minimum absolute atomic E-state index is 0.0132. The Morgan fingerprint density at radius 2 is 1.94 bits per heavy atom. The third-order valence-corrected chi connectivity index (χ3v) is 2.62. The van der Waals surface area contributed by atoms with E-state index in [4.69, 9.17) is 4.74 Å². The number of carbonyl (C=O) groups excluding carboxylic acids is 2. The van der Waals surface area contributed by atoms with Gasteiger partial charge in [-0.05, 0) is 33.6 Å². The maximum absolute atomic E-state index is 11.5. The third-order valence-electron chi connectivity index (χ3n) is 2.62. The Kier molecular flexibility index (Phi) is 4.95. The minimum atomic E-state index is -0.499. The second-order valence-corrected chi connectivity index (χ2v) is 5.40. The van der Waals surface area contributed by atoms with Gasteiger partial charge in [-0.25, -0.2) is 4.79 Å². The Balaban J connectivity index is 2.31. The van der Waals surface area contributed by atoms with Crippen LogP contribution in [0.15, 0.2) is 0 Å². The predicted octanol–water partition coefficient (Wildman–Crippen LogP) is 0.805. The first-order valence-electron chi connectivity index (χ1n) is 6.12. The molecular weight excluding hydrogens is 236 g/mol. The lowest BCUT2D eigenvalue weighted by atomic mass is 10.0. The normalized spacial score (nSPS) is 24.2. The Bertz CT molecular complexity index is 304. The highest BCUT2D eigenvalue weighted by molar-refractivity contribution is 5.75. The quantitative estimate of drug-likeness (QED) is 0.717. The van der Waals surface area contributed by atoms with Crippen LogP contribution >= 0.6 is 0 Å². The molecule has 1 heterocycles. The molecule has 0 aliphatic carbocycles. The molecular formula is C12H22N2O4. The average molecular weight is 258 g/mol. The van der Waals surface area contributed by atoms with Gasteiger partial charge in [0, 0.05) is 12.6 Å². The zero-order chi connectivity index (χ0) is 13.8. The van der Waals surface area contributed by atoms with Crippen molar-refractivity contribution >= 4 is 12.1 Å². The first-order chi connectivity index (χ1) is 8.31. The van der Waals surface area contributed by atoms with Crippen LogP contribution in [0.1, 0.15) is 33.6 Å². The fourth-order valence-corrected chi connectivity index (χ4v) is 1.80. The van der Waals surface area contributed by atoms with Crippen LogP contribution in [-0.2, 0) is 14.3 Å². The molecule has 1 aliphatic heterocycles. The number of hydrogen-bond acceptors (Lipinski definition) is 5. The molecule has 1 saturated heterocycles. The summed E-state index contributed by atoms with van der Waals surface area (Å²) in [5, 5.41) is 5.82. The predicted molar refractivity (Wildman–Crippen MR) is 66.2 cm³/mol. The molecule has 1 fully saturated rings. The van der Waals surface area contributed by atoms with E-state index >= 15 is 0 Å². The van der Waals surface area contributed by atoms with Crippen molar-refractivity contribution in [1.82, 2.24) is 10.6 Å². The van der Waals surface area contributed by atoms with Gasteiger partial charge in [0.25, 0.3) is 0 Å². The number of esters is 1. The lowest BCUT2D eigenvalue weighted by molar-refractivity contribution is -0.143. The van der Waals surface area contributed by atoms with Gasteiger partial charge < -0.3 is 20.1 Å². The van der Waals surface area contributed by atoms with Crippen molar-refractivity contribution in [2.75, 3.05) is 13.7 Å². The van der Waals surface area contributed by atoms with Gasteiger partial charge >= 0.3 is 12.1 Å². The molecule has 0 aromatic carbocycles. The van der Waals surface area contributed by atoms with Gasteiger partial charge in [-0.15, -0.1) is 0 Å². The molecule has 104 valence electrons. The number of nitrogens with one attached hydrogen (secondary N) is 2. The van der Waals surface area contributed by atoms with E-state index in [1.165, 1.54) is 7.11 Å². The SMILES string of the molecule is COC(=O)C1CCC(NC(=O)OC(C)(C)C)CN1. The van der Waals surface area contributed by atoms with E-state index < -0.39 is 11.7 Å². The summed E-state index contributed by atoms with van der Waals surface area (Å²) in [6.45, 7) is 6.00. The molecule has 6 heteroatoms. The molecule has 0 saturated carbocycles. The van der Waals surface area contributed by atoms with Crippen molar-refractivity contribution in [3.63, 3.8) is 0 Å². The van der Waals surface area contributed by atoms with E-state index in [0.29, 0.717) is 13.0 Å². The van der Waals surface area contributed by atoms with Gasteiger partial charge in [-0.1, -0.05) is 0 Å². The summed E-state index contributed by atoms with van der Waals surface area (Å²) in [6.07, 6.45) is 0.949. The van der Waals surface area contributed by atoms with Gasteiger partial charge in [0.1, 0.15) is 11.6 Å². The molecule has 6 nitrogen and oxygen atoms in total. The van der Waals surface area contributed by atoms with Crippen LogP contribution < -0.4 is 10.6 Å². The molecule has 1 rings (SSSR count). The number of hydrogen-bond donors (Lipinski definition) is 2. The highest BCUT2D eigenvalue weighted by Crippen LogP contribution is 2.11. The Labute approximate surface area is 107 Å². The van der Waals surface area contributed by atoms with Gasteiger partial charge in [0.05, 0.1) is 7.11 Å². The molecule has 0 radical (unpaired) electrons. The minimum Gasteiger partial charge on any atom is -0.468 e. The maximum Gasteiger partial charge on any atom is 0.407 e. The van der Waals surface area contributed by atoms with Gasteiger partial charge in [-0.2, -0.15) is 0 Å². The number of amides is 1. The highest BCUT2D eigenvalue weighted by atomic mass is 16.6. The fourth-order valence-electron chi connectivity index (χ4n) is 1.80. The number of ether oxygens (including phenoxy) is 2. The first kappa shape index (κ1) is 14.8. The number of alkyl carbamates (subject to hydrolysis) is 1. The maximum atomic E-state index is 11.5. The molecule has 0 bridgehead atoms. The third kappa shape index (κ3) is 4.91. The Morgan fingerprint density at radius 3 is 2.39 bits per heavy atom. The average Bonchev–Trinajstić information content (AvgIpc) is 2.26. The van der Waals surface area contributed by atoms with E-state index in [1.54, 1.807) is 0 Å². The molecule has 2 atom stereocenters. The molecule has 2 unspecified atom stereocenters. The van der Waals surface area contributed by atoms with Crippen LogP contribution in [0.4, 0.5) is 4.79 Å². The highest BCUT2D eigenvalue weighted by Gasteiger charge is 2.28. The topological polar surface area (TPSA) is 76.7 Å². The molecule has 0 aromatic heterocycles. The van der Waals surface area contributed by atoms with E-state index in [9.17, 15) is 9.59 Å². The second-order valence-electron chi connectivity index (χ2n) is 5.40. The number of rotatable bonds is 2. The smallest absolute Gasteiger partial charge is 0.407 e. The van der Waals surface area contributed by atoms with Crippen LogP contribution in [0.3, 0.4) is 0 Å². The summed E-state index contributed by atoms with van der Waals surface area (Å²) in [5.74, 6) is -0.259. The molecule has 0 spiro atoms. The van der Waals surface area contributed by atoms with Crippen molar-refractivity contribution in [2.45, 2.75) is 51.3 Å². The first-order valence-corrected chi connectivity index (χ1v) is 6.12. The summed E-state index contributed by atoms with van der Waals surface area (Å²) in [7, 11) is 1.37. The van der Waals surface area contributed by atoms with Crippen molar-refractivity contribution in [3.8, 4) is 0 Å². The molecule has 18 heavy (non-hydrogen) atoms. The van der Waals surface area contributed by atoms with Gasteiger partial charge in [0.15, 0.2) is 0 Å². The van der Waals surface area contributed by atoms with Crippen molar-refractivity contribution in [3.05, 3.63) is 0 Å². The number of carbonyl (C=O) groups is 2. The standard InChI is InChI=1S/C12H22N2O4/c1-12(2,3)18-11(16)14-8-5-6-9(13-7-8)10(15)17-4/h8-9,13H,5-7H2,1-4H3,(H,14,16). The van der Waals surface area contributed by atoms with E-state index in [-0.39, 0.29) is 18.1 Å². The zero-order valence-corrected chi connectivity index (χ0v) is 11.4. The summed E-state index contributed by atoms with van der Waals surface area (Å²) in [5.41, 5.74) is -0.499. The zero-order valence-electron chi connectivity index (χ0n) is 11.4. The molecule has 1 amide bonds. The van der Waals surface area contributed by atoms with Gasteiger partial charge in [-0.3, -0.25) is 4.79 Å². The van der Waals surface area contributed by atoms with Crippen LogP contribution in [0, 0.1) is 0 Å². The number of methoxy groups -OCH3 is 1. The van der Waals surface area contributed by atoms with Crippen LogP contribution in [-0.4, -0.2) is 43.4 Å². The van der Waals surface area contributed by atoms with Crippen molar-refractivity contribution < 1.29 is 19.1 Å². The van der Waals surface area contributed by atoms with Crippen molar-refractivity contribution in [2.24, 2.45) is 0 Å². The van der Waals surface area contributed by atoms with E-state index in [0.717, 1.165) is 6.42 Å². The van der Waals surface area contributed by atoms with E-state index in [2.05, 4.69) is 15.4 Å². The summed E-state index contributed by atoms with van der Waals surface area (Å²) in [4.78, 5) is 22.8. The van der Waals surface area contributed by atoms with Crippen LogP contribution in [0.5, 0.6) is 0 Å². The molecule has 0 aromatic rings. The van der Waals surface area contributed by atoms with Crippen LogP contribution in [0.2, 0.25) is 0 Å². The molecule has 1 aliphatic rings. The lowest BCUT2D eigenvalue weighted by Gasteiger charge is -2.29. The largest absolute Gasteiger partial charge is 0.468 e. The number of piperidine rings is 1.